The standard InChI is InChI=1S/C17H19ClN2S/c1-3-15(13-9-5-4-8-12(13)2)19-17(21)20-16-11-7-6-10-14(16)18/h4-11,15H,3H2,1-2H3,(H2,19,20,21). The molecule has 0 bridgehead atoms. The fraction of sp³-hybridized carbons (Fsp3) is 0.235. The van der Waals surface area contributed by atoms with Crippen molar-refractivity contribution in [3.05, 3.63) is 64.7 Å². The fourth-order valence-corrected chi connectivity index (χ4v) is 2.69. The van der Waals surface area contributed by atoms with Gasteiger partial charge in [-0.1, -0.05) is 54.9 Å². The largest absolute Gasteiger partial charge is 0.356 e. The lowest BCUT2D eigenvalue weighted by Gasteiger charge is -2.22. The highest BCUT2D eigenvalue weighted by molar-refractivity contribution is 7.80. The summed E-state index contributed by atoms with van der Waals surface area (Å²) < 4.78 is 0. The summed E-state index contributed by atoms with van der Waals surface area (Å²) in [6.45, 7) is 4.26. The van der Waals surface area contributed by atoms with E-state index in [1.807, 2.05) is 30.3 Å². The van der Waals surface area contributed by atoms with Crippen molar-refractivity contribution in [1.82, 2.24) is 5.32 Å². The van der Waals surface area contributed by atoms with Crippen molar-refractivity contribution in [3.63, 3.8) is 0 Å². The summed E-state index contributed by atoms with van der Waals surface area (Å²) in [5, 5.41) is 7.75. The molecule has 0 aliphatic carbocycles. The maximum atomic E-state index is 6.13. The predicted octanol–water partition coefficient (Wildman–Crippen LogP) is 5.09. The highest BCUT2D eigenvalue weighted by Crippen LogP contribution is 2.22. The van der Waals surface area contributed by atoms with Crippen molar-refractivity contribution in [3.8, 4) is 0 Å². The summed E-state index contributed by atoms with van der Waals surface area (Å²) in [6.07, 6.45) is 0.954. The van der Waals surface area contributed by atoms with Crippen LogP contribution < -0.4 is 10.6 Å². The number of para-hydroxylation sites is 1. The Morgan fingerprint density at radius 1 is 1.14 bits per heavy atom. The highest BCUT2D eigenvalue weighted by Gasteiger charge is 2.13. The van der Waals surface area contributed by atoms with E-state index in [0.29, 0.717) is 10.1 Å². The van der Waals surface area contributed by atoms with Crippen molar-refractivity contribution in [2.45, 2.75) is 26.3 Å². The van der Waals surface area contributed by atoms with Gasteiger partial charge in [0.25, 0.3) is 0 Å². The van der Waals surface area contributed by atoms with Crippen molar-refractivity contribution in [2.24, 2.45) is 0 Å². The van der Waals surface area contributed by atoms with Gasteiger partial charge >= 0.3 is 0 Å². The van der Waals surface area contributed by atoms with E-state index in [0.717, 1.165) is 12.1 Å². The fourth-order valence-electron chi connectivity index (χ4n) is 2.26. The molecule has 21 heavy (non-hydrogen) atoms. The number of halogens is 1. The third-order valence-corrected chi connectivity index (χ3v) is 3.95. The van der Waals surface area contributed by atoms with Crippen LogP contribution >= 0.6 is 23.8 Å². The molecule has 0 saturated carbocycles. The summed E-state index contributed by atoms with van der Waals surface area (Å²) in [5.41, 5.74) is 3.34. The van der Waals surface area contributed by atoms with Crippen LogP contribution in [0.4, 0.5) is 5.69 Å². The van der Waals surface area contributed by atoms with Crippen LogP contribution in [0.15, 0.2) is 48.5 Å². The van der Waals surface area contributed by atoms with Gasteiger partial charge in [-0.15, -0.1) is 0 Å². The minimum Gasteiger partial charge on any atom is -0.356 e. The first kappa shape index (κ1) is 15.8. The average Bonchev–Trinajstić information content (AvgIpc) is 2.48. The first-order valence-electron chi connectivity index (χ1n) is 6.99. The van der Waals surface area contributed by atoms with Gasteiger partial charge in [-0.25, -0.2) is 0 Å². The van der Waals surface area contributed by atoms with Gasteiger partial charge in [0, 0.05) is 0 Å². The van der Waals surface area contributed by atoms with Crippen LogP contribution in [0.1, 0.15) is 30.5 Å². The van der Waals surface area contributed by atoms with Crippen LogP contribution in [0.2, 0.25) is 5.02 Å². The molecule has 1 atom stereocenters. The molecule has 0 amide bonds. The molecule has 0 aliphatic heterocycles. The van der Waals surface area contributed by atoms with E-state index in [1.54, 1.807) is 0 Å². The molecule has 2 nitrogen and oxygen atoms in total. The Kier molecular flexibility index (Phi) is 5.59. The van der Waals surface area contributed by atoms with Gasteiger partial charge in [0.15, 0.2) is 5.11 Å². The van der Waals surface area contributed by atoms with E-state index in [4.69, 9.17) is 23.8 Å². The van der Waals surface area contributed by atoms with E-state index in [1.165, 1.54) is 11.1 Å². The average molecular weight is 319 g/mol. The van der Waals surface area contributed by atoms with Crippen LogP contribution in [0.25, 0.3) is 0 Å². The van der Waals surface area contributed by atoms with Crippen LogP contribution in [0.3, 0.4) is 0 Å². The second-order valence-electron chi connectivity index (χ2n) is 4.90. The number of anilines is 1. The molecule has 2 N–H and O–H groups in total. The number of nitrogens with one attached hydrogen (secondary N) is 2. The molecule has 1 unspecified atom stereocenters. The molecule has 0 saturated heterocycles. The van der Waals surface area contributed by atoms with Crippen molar-refractivity contribution in [1.29, 1.82) is 0 Å². The second kappa shape index (κ2) is 7.43. The molecule has 110 valence electrons. The molecule has 0 spiro atoms. The van der Waals surface area contributed by atoms with E-state index >= 15 is 0 Å². The summed E-state index contributed by atoms with van der Waals surface area (Å²) in [6, 6.07) is 16.1. The minimum absolute atomic E-state index is 0.189. The van der Waals surface area contributed by atoms with Gasteiger partial charge in [-0.3, -0.25) is 0 Å². The van der Waals surface area contributed by atoms with Crippen LogP contribution in [-0.4, -0.2) is 5.11 Å². The van der Waals surface area contributed by atoms with Crippen LogP contribution in [-0.2, 0) is 0 Å². The summed E-state index contributed by atoms with van der Waals surface area (Å²) >= 11 is 11.5. The Hall–Kier alpha value is -1.58. The Balaban J connectivity index is 2.07. The van der Waals surface area contributed by atoms with Gasteiger partial charge < -0.3 is 10.6 Å². The topological polar surface area (TPSA) is 24.1 Å². The number of hydrogen-bond acceptors (Lipinski definition) is 1. The zero-order valence-electron chi connectivity index (χ0n) is 12.2. The van der Waals surface area contributed by atoms with Gasteiger partial charge in [0.05, 0.1) is 16.8 Å². The quantitative estimate of drug-likeness (QED) is 0.768. The monoisotopic (exact) mass is 318 g/mol. The molecule has 2 rings (SSSR count). The predicted molar refractivity (Wildman–Crippen MR) is 95.0 cm³/mol. The van der Waals surface area contributed by atoms with Crippen LogP contribution in [0.5, 0.6) is 0 Å². The first-order valence-corrected chi connectivity index (χ1v) is 7.78. The molecule has 2 aromatic rings. The molecule has 0 aliphatic rings. The molecule has 2 aromatic carbocycles. The molecule has 0 radical (unpaired) electrons. The lowest BCUT2D eigenvalue weighted by Crippen LogP contribution is -2.32. The normalized spacial score (nSPS) is 11.8. The molecule has 4 heteroatoms. The molecule has 0 aromatic heterocycles. The molecular formula is C17H19ClN2S. The Morgan fingerprint density at radius 3 is 2.48 bits per heavy atom. The summed E-state index contributed by atoms with van der Waals surface area (Å²) in [7, 11) is 0. The second-order valence-corrected chi connectivity index (χ2v) is 5.71. The zero-order chi connectivity index (χ0) is 15.2. The summed E-state index contributed by atoms with van der Waals surface area (Å²) in [4.78, 5) is 0. The number of thiocarbonyl (C=S) groups is 1. The molecular weight excluding hydrogens is 300 g/mol. The van der Waals surface area contributed by atoms with Gasteiger partial charge in [0.1, 0.15) is 0 Å². The van der Waals surface area contributed by atoms with Gasteiger partial charge in [0.2, 0.25) is 0 Å². The third-order valence-electron chi connectivity index (χ3n) is 3.40. The van der Waals surface area contributed by atoms with E-state index in [-0.39, 0.29) is 6.04 Å². The smallest absolute Gasteiger partial charge is 0.171 e. The van der Waals surface area contributed by atoms with Gasteiger partial charge in [-0.05, 0) is 48.8 Å². The Labute approximate surface area is 136 Å². The lowest BCUT2D eigenvalue weighted by molar-refractivity contribution is 0.625. The molecule has 0 heterocycles. The van der Waals surface area contributed by atoms with E-state index in [9.17, 15) is 0 Å². The van der Waals surface area contributed by atoms with Crippen molar-refractivity contribution < 1.29 is 0 Å². The number of hydrogen-bond donors (Lipinski definition) is 2. The summed E-state index contributed by atoms with van der Waals surface area (Å²) in [5.74, 6) is 0. The first-order chi connectivity index (χ1) is 10.1. The minimum atomic E-state index is 0.189. The number of benzene rings is 2. The number of aryl methyl sites for hydroxylation is 1. The maximum absolute atomic E-state index is 6.13. The van der Waals surface area contributed by atoms with Gasteiger partial charge in [-0.2, -0.15) is 0 Å². The van der Waals surface area contributed by atoms with E-state index < -0.39 is 0 Å². The van der Waals surface area contributed by atoms with Crippen molar-refractivity contribution >= 4 is 34.6 Å². The number of rotatable bonds is 4. The SMILES string of the molecule is CCC(NC(=S)Nc1ccccc1Cl)c1ccccc1C. The Bertz CT molecular complexity index is 628. The zero-order valence-corrected chi connectivity index (χ0v) is 13.8. The maximum Gasteiger partial charge on any atom is 0.171 e. The third kappa shape index (κ3) is 4.19. The van der Waals surface area contributed by atoms with Crippen LogP contribution in [0, 0.1) is 6.92 Å². The Morgan fingerprint density at radius 2 is 1.81 bits per heavy atom. The molecule has 0 fully saturated rings. The lowest BCUT2D eigenvalue weighted by atomic mass is 10.00. The van der Waals surface area contributed by atoms with E-state index in [2.05, 4.69) is 42.7 Å². The highest BCUT2D eigenvalue weighted by atomic mass is 35.5. The van der Waals surface area contributed by atoms with Crippen molar-refractivity contribution in [2.75, 3.05) is 5.32 Å².